The second-order valence-corrected chi connectivity index (χ2v) is 6.34. The Bertz CT molecular complexity index is 847. The van der Waals surface area contributed by atoms with E-state index in [4.69, 9.17) is 5.41 Å². The zero-order valence-corrected chi connectivity index (χ0v) is 12.8. The highest BCUT2D eigenvalue weighted by Gasteiger charge is 2.24. The summed E-state index contributed by atoms with van der Waals surface area (Å²) in [6, 6.07) is 8.18. The number of fused-ring (bicyclic) bond motifs is 1. The molecule has 1 aromatic carbocycles. The number of aryl methyl sites for hydroxylation is 1. The van der Waals surface area contributed by atoms with E-state index in [9.17, 15) is 0 Å². The Morgan fingerprint density at radius 3 is 2.48 bits per heavy atom. The van der Waals surface area contributed by atoms with Crippen molar-refractivity contribution in [3.63, 3.8) is 0 Å². The Balaban J connectivity index is 2.36. The third kappa shape index (κ3) is 2.24. The van der Waals surface area contributed by atoms with Gasteiger partial charge in [-0.05, 0) is 39.8 Å². The molecule has 0 saturated carbocycles. The van der Waals surface area contributed by atoms with E-state index in [1.54, 1.807) is 6.20 Å². The highest BCUT2D eigenvalue weighted by Crippen LogP contribution is 2.12. The molecule has 0 bridgehead atoms. The van der Waals surface area contributed by atoms with Gasteiger partial charge in [0.15, 0.2) is 6.33 Å². The minimum absolute atomic E-state index is 0.106. The van der Waals surface area contributed by atoms with E-state index in [0.717, 1.165) is 16.7 Å². The molecule has 0 amide bonds. The number of H-pyrrole nitrogens is 1. The number of hydrogen-bond donors (Lipinski definition) is 2. The fourth-order valence-electron chi connectivity index (χ4n) is 2.41. The predicted octanol–water partition coefficient (Wildman–Crippen LogP) is 2.18. The van der Waals surface area contributed by atoms with Crippen LogP contribution < -0.4 is 10.1 Å². The largest absolute Gasteiger partial charge is 0.270 e. The van der Waals surface area contributed by atoms with E-state index in [1.165, 1.54) is 5.56 Å². The maximum absolute atomic E-state index is 8.44. The van der Waals surface area contributed by atoms with Gasteiger partial charge in [0.2, 0.25) is 5.49 Å². The Hall–Kier alpha value is -2.43. The van der Waals surface area contributed by atoms with Gasteiger partial charge in [-0.15, -0.1) is 5.10 Å². The number of nitrogens with zero attached hydrogens (tertiary/aromatic N) is 3. The minimum Gasteiger partial charge on any atom is -0.270 e. The number of rotatable bonds is 1. The average Bonchev–Trinajstić information content (AvgIpc) is 2.89. The van der Waals surface area contributed by atoms with Gasteiger partial charge in [-0.25, -0.2) is 9.13 Å². The molecule has 0 saturated heterocycles. The molecule has 0 aliphatic rings. The molecule has 5 heteroatoms. The monoisotopic (exact) mass is 282 g/mol. The fraction of sp³-hybridized carbons (Fsp3) is 0.312. The van der Waals surface area contributed by atoms with Gasteiger partial charge in [0.1, 0.15) is 11.1 Å². The van der Waals surface area contributed by atoms with Crippen LogP contribution in [0.2, 0.25) is 0 Å². The van der Waals surface area contributed by atoms with Crippen LogP contribution in [0.4, 0.5) is 0 Å². The summed E-state index contributed by atoms with van der Waals surface area (Å²) in [4.78, 5) is 0. The number of aromatic nitrogens is 4. The van der Waals surface area contributed by atoms with Crippen LogP contribution >= 0.6 is 0 Å². The first kappa shape index (κ1) is 13.5. The smallest absolute Gasteiger partial charge is 0.259 e. The Morgan fingerprint density at radius 1 is 1.19 bits per heavy atom. The van der Waals surface area contributed by atoms with Crippen molar-refractivity contribution in [2.45, 2.75) is 33.2 Å². The van der Waals surface area contributed by atoms with Crippen LogP contribution in [0.25, 0.3) is 16.7 Å². The highest BCUT2D eigenvalue weighted by molar-refractivity contribution is 5.69. The van der Waals surface area contributed by atoms with Gasteiger partial charge in [0.05, 0.1) is 11.7 Å². The summed E-state index contributed by atoms with van der Waals surface area (Å²) >= 11 is 0. The van der Waals surface area contributed by atoms with Gasteiger partial charge < -0.3 is 0 Å². The maximum atomic E-state index is 8.44. The molecule has 21 heavy (non-hydrogen) atoms. The summed E-state index contributed by atoms with van der Waals surface area (Å²) < 4.78 is 4.01. The summed E-state index contributed by atoms with van der Waals surface area (Å²) in [5.41, 5.74) is 3.38. The Kier molecular flexibility index (Phi) is 2.93. The van der Waals surface area contributed by atoms with Crippen molar-refractivity contribution in [2.75, 3.05) is 0 Å². The molecule has 0 aliphatic heterocycles. The number of hydrogen-bond acceptors (Lipinski definition) is 2. The highest BCUT2D eigenvalue weighted by atomic mass is 15.2. The molecule has 5 nitrogen and oxygen atoms in total. The van der Waals surface area contributed by atoms with E-state index < -0.39 is 0 Å². The molecule has 0 aliphatic carbocycles. The molecular weight excluding hydrogens is 262 g/mol. The van der Waals surface area contributed by atoms with Crippen LogP contribution in [0.1, 0.15) is 26.3 Å². The van der Waals surface area contributed by atoms with Crippen LogP contribution in [-0.2, 0) is 5.54 Å². The standard InChI is InChI=1S/C16H20N5/c1-11-5-7-12(8-6-11)20-10-21(16(2,3)4)15-13(14(20)17)9-18-19-15/h5-10,17H,1-4H3,(H,18,19)/q+1. The second kappa shape index (κ2) is 4.55. The van der Waals surface area contributed by atoms with Crippen molar-refractivity contribution >= 4 is 11.0 Å². The van der Waals surface area contributed by atoms with E-state index in [2.05, 4.69) is 54.6 Å². The van der Waals surface area contributed by atoms with E-state index in [-0.39, 0.29) is 5.54 Å². The molecule has 3 aromatic rings. The van der Waals surface area contributed by atoms with Crippen molar-refractivity contribution in [2.24, 2.45) is 0 Å². The van der Waals surface area contributed by atoms with Crippen molar-refractivity contribution in [3.8, 4) is 5.69 Å². The third-order valence-electron chi connectivity index (χ3n) is 3.62. The van der Waals surface area contributed by atoms with Crippen molar-refractivity contribution in [3.05, 3.63) is 47.8 Å². The molecule has 0 unspecified atom stereocenters. The van der Waals surface area contributed by atoms with Crippen LogP contribution in [0, 0.1) is 12.3 Å². The van der Waals surface area contributed by atoms with Crippen molar-refractivity contribution in [1.82, 2.24) is 14.8 Å². The quantitative estimate of drug-likeness (QED) is 0.660. The molecule has 2 heterocycles. The SMILES string of the molecule is Cc1ccc(-n2c[n+](C(C)(C)C)c3[nH]ncc3c2=N)cc1. The minimum atomic E-state index is -0.106. The summed E-state index contributed by atoms with van der Waals surface area (Å²) in [5.74, 6) is 0. The number of nitrogens with one attached hydrogen (secondary N) is 2. The summed E-state index contributed by atoms with van der Waals surface area (Å²) in [6.07, 6.45) is 3.68. The second-order valence-electron chi connectivity index (χ2n) is 6.34. The molecule has 0 fully saturated rings. The van der Waals surface area contributed by atoms with Gasteiger partial charge in [0, 0.05) is 0 Å². The summed E-state index contributed by atoms with van der Waals surface area (Å²) in [7, 11) is 0. The Labute approximate surface area is 123 Å². The zero-order valence-electron chi connectivity index (χ0n) is 12.8. The fourth-order valence-corrected chi connectivity index (χ4v) is 2.41. The molecule has 2 aromatic heterocycles. The molecule has 0 radical (unpaired) electrons. The molecule has 0 atom stereocenters. The van der Waals surface area contributed by atoms with E-state index in [1.807, 2.05) is 23.0 Å². The van der Waals surface area contributed by atoms with Crippen LogP contribution in [0.15, 0.2) is 36.8 Å². The van der Waals surface area contributed by atoms with Gasteiger partial charge >= 0.3 is 0 Å². The third-order valence-corrected chi connectivity index (χ3v) is 3.62. The van der Waals surface area contributed by atoms with Gasteiger partial charge in [-0.3, -0.25) is 5.41 Å². The zero-order chi connectivity index (χ0) is 15.2. The Morgan fingerprint density at radius 2 is 1.86 bits per heavy atom. The van der Waals surface area contributed by atoms with E-state index in [0.29, 0.717) is 5.49 Å². The van der Waals surface area contributed by atoms with Crippen LogP contribution in [0.5, 0.6) is 0 Å². The van der Waals surface area contributed by atoms with Gasteiger partial charge in [0.25, 0.3) is 5.65 Å². The lowest BCUT2D eigenvalue weighted by Crippen LogP contribution is -2.53. The average molecular weight is 282 g/mol. The number of aromatic amines is 1. The molecule has 0 spiro atoms. The lowest BCUT2D eigenvalue weighted by atomic mass is 10.1. The lowest BCUT2D eigenvalue weighted by Gasteiger charge is -2.19. The van der Waals surface area contributed by atoms with Crippen molar-refractivity contribution in [1.29, 1.82) is 5.41 Å². The van der Waals surface area contributed by atoms with Crippen molar-refractivity contribution < 1.29 is 4.57 Å². The first-order valence-corrected chi connectivity index (χ1v) is 7.00. The first-order chi connectivity index (χ1) is 9.88. The van der Waals surface area contributed by atoms with E-state index >= 15 is 0 Å². The van der Waals surface area contributed by atoms with Crippen LogP contribution in [0.3, 0.4) is 0 Å². The molecular formula is C16H20N5+. The number of benzene rings is 1. The summed E-state index contributed by atoms with van der Waals surface area (Å²) in [5, 5.41) is 16.4. The van der Waals surface area contributed by atoms with Gasteiger partial charge in [-0.2, -0.15) is 5.10 Å². The molecule has 2 N–H and O–H groups in total. The summed E-state index contributed by atoms with van der Waals surface area (Å²) in [6.45, 7) is 8.47. The molecule has 108 valence electrons. The van der Waals surface area contributed by atoms with Crippen LogP contribution in [-0.4, -0.2) is 14.8 Å². The predicted molar refractivity (Wildman–Crippen MR) is 81.2 cm³/mol. The first-order valence-electron chi connectivity index (χ1n) is 7.00. The topological polar surface area (TPSA) is 61.3 Å². The maximum Gasteiger partial charge on any atom is 0.259 e. The lowest BCUT2D eigenvalue weighted by molar-refractivity contribution is -0.735. The molecule has 3 rings (SSSR count). The van der Waals surface area contributed by atoms with Gasteiger partial charge in [-0.1, -0.05) is 17.7 Å². The normalized spacial score (nSPS) is 12.0.